The van der Waals surface area contributed by atoms with E-state index in [-0.39, 0.29) is 35.5 Å². The third kappa shape index (κ3) is 9.65. The van der Waals surface area contributed by atoms with Crippen molar-refractivity contribution in [3.8, 4) is 5.75 Å². The summed E-state index contributed by atoms with van der Waals surface area (Å²) in [6, 6.07) is 26.4. The fourth-order valence-corrected chi connectivity index (χ4v) is 6.60. The number of ether oxygens (including phenoxy) is 1. The van der Waals surface area contributed by atoms with E-state index in [4.69, 9.17) is 4.74 Å². The number of rotatable bonds is 15. The van der Waals surface area contributed by atoms with Crippen LogP contribution in [0, 0.1) is 5.82 Å². The topological polar surface area (TPSA) is 96.0 Å². The van der Waals surface area contributed by atoms with Crippen LogP contribution < -0.4 is 14.4 Å². The number of anilines is 1. The SMILES string of the molecule is CCOc1ccc(S(=O)(=O)N(CC(=O)N(Cc2ccc(Br)cc2)[C@H](Cc2ccccc2)C(=O)N[C@@H](C)CC)c2ccc(F)cc2)cc1. The van der Waals surface area contributed by atoms with E-state index in [0.717, 1.165) is 32.0 Å². The molecule has 0 bridgehead atoms. The highest BCUT2D eigenvalue weighted by molar-refractivity contribution is 9.10. The minimum absolute atomic E-state index is 0.0396. The van der Waals surface area contributed by atoms with Crippen LogP contribution in [0.25, 0.3) is 0 Å². The molecular formula is C36H39BrFN3O5S. The Morgan fingerprint density at radius 3 is 2.11 bits per heavy atom. The van der Waals surface area contributed by atoms with Crippen molar-refractivity contribution in [2.75, 3.05) is 17.5 Å². The van der Waals surface area contributed by atoms with Gasteiger partial charge in [0.25, 0.3) is 10.0 Å². The predicted octanol–water partition coefficient (Wildman–Crippen LogP) is 6.74. The molecule has 4 rings (SSSR count). The Balaban J connectivity index is 1.79. The normalized spacial score (nSPS) is 12.5. The molecule has 2 atom stereocenters. The molecule has 47 heavy (non-hydrogen) atoms. The molecule has 11 heteroatoms. The lowest BCUT2D eigenvalue weighted by Crippen LogP contribution is -2.54. The number of carbonyl (C=O) groups excluding carboxylic acids is 2. The quantitative estimate of drug-likeness (QED) is 0.147. The fourth-order valence-electron chi connectivity index (χ4n) is 4.92. The van der Waals surface area contributed by atoms with Gasteiger partial charge in [0.15, 0.2) is 0 Å². The number of hydrogen-bond donors (Lipinski definition) is 1. The first-order valence-corrected chi connectivity index (χ1v) is 17.6. The van der Waals surface area contributed by atoms with Gasteiger partial charge in [-0.2, -0.15) is 0 Å². The highest BCUT2D eigenvalue weighted by Gasteiger charge is 2.35. The number of carbonyl (C=O) groups is 2. The zero-order valence-corrected chi connectivity index (χ0v) is 29.0. The van der Waals surface area contributed by atoms with E-state index in [1.807, 2.05) is 75.4 Å². The van der Waals surface area contributed by atoms with E-state index in [2.05, 4.69) is 21.2 Å². The van der Waals surface area contributed by atoms with Crippen LogP contribution in [-0.2, 0) is 32.6 Å². The molecule has 4 aromatic carbocycles. The highest BCUT2D eigenvalue weighted by Crippen LogP contribution is 2.27. The molecule has 0 aromatic heterocycles. The summed E-state index contributed by atoms with van der Waals surface area (Å²) in [6.07, 6.45) is 0.886. The van der Waals surface area contributed by atoms with E-state index >= 15 is 0 Å². The highest BCUT2D eigenvalue weighted by atomic mass is 79.9. The Hall–Kier alpha value is -4.22. The molecule has 0 saturated carbocycles. The first kappa shape index (κ1) is 35.6. The molecule has 4 aromatic rings. The summed E-state index contributed by atoms with van der Waals surface area (Å²) in [6.45, 7) is 5.47. The number of halogens is 2. The molecule has 0 aliphatic carbocycles. The van der Waals surface area contributed by atoms with Gasteiger partial charge >= 0.3 is 0 Å². The van der Waals surface area contributed by atoms with Crippen molar-refractivity contribution in [1.82, 2.24) is 10.2 Å². The first-order valence-electron chi connectivity index (χ1n) is 15.4. The van der Waals surface area contributed by atoms with Gasteiger partial charge in [0.1, 0.15) is 24.2 Å². The van der Waals surface area contributed by atoms with Crippen molar-refractivity contribution in [1.29, 1.82) is 0 Å². The maximum Gasteiger partial charge on any atom is 0.264 e. The zero-order valence-electron chi connectivity index (χ0n) is 26.6. The standard InChI is InChI=1S/C36H39BrFN3O5S/c1-4-26(3)39-36(43)34(23-27-9-7-6-8-10-27)40(24-28-11-13-29(37)14-12-28)35(42)25-41(31-17-15-30(38)16-18-31)47(44,45)33-21-19-32(20-22-33)46-5-2/h6-22,26,34H,4-5,23-25H2,1-3H3,(H,39,43)/t26-,34+/m0/s1. The van der Waals surface area contributed by atoms with Gasteiger partial charge < -0.3 is 15.0 Å². The van der Waals surface area contributed by atoms with Crippen LogP contribution in [0.15, 0.2) is 112 Å². The van der Waals surface area contributed by atoms with Crippen molar-refractivity contribution < 1.29 is 27.1 Å². The molecule has 0 aliphatic heterocycles. The average molecular weight is 725 g/mol. The smallest absolute Gasteiger partial charge is 0.264 e. The maximum absolute atomic E-state index is 14.5. The molecule has 1 N–H and O–H groups in total. The summed E-state index contributed by atoms with van der Waals surface area (Å²) in [5.74, 6) is -1.02. The third-order valence-corrected chi connectivity index (χ3v) is 9.97. The van der Waals surface area contributed by atoms with Crippen LogP contribution in [0.4, 0.5) is 10.1 Å². The van der Waals surface area contributed by atoms with Crippen molar-refractivity contribution >= 4 is 43.5 Å². The lowest BCUT2D eigenvalue weighted by molar-refractivity contribution is -0.140. The van der Waals surface area contributed by atoms with Gasteiger partial charge in [-0.25, -0.2) is 12.8 Å². The number of benzene rings is 4. The summed E-state index contributed by atoms with van der Waals surface area (Å²) in [5.41, 5.74) is 1.68. The van der Waals surface area contributed by atoms with Gasteiger partial charge in [0, 0.05) is 23.5 Å². The molecule has 248 valence electrons. The Bertz CT molecular complexity index is 1720. The number of sulfonamides is 1. The Labute approximate surface area is 284 Å². The fraction of sp³-hybridized carbons (Fsp3) is 0.278. The predicted molar refractivity (Wildman–Crippen MR) is 185 cm³/mol. The summed E-state index contributed by atoms with van der Waals surface area (Å²) in [5, 5.41) is 3.02. The number of amides is 2. The van der Waals surface area contributed by atoms with E-state index in [9.17, 15) is 22.4 Å². The van der Waals surface area contributed by atoms with E-state index < -0.39 is 34.3 Å². The van der Waals surface area contributed by atoms with Crippen LogP contribution in [0.1, 0.15) is 38.3 Å². The first-order chi connectivity index (χ1) is 22.5. The lowest BCUT2D eigenvalue weighted by Gasteiger charge is -2.34. The van der Waals surface area contributed by atoms with Crippen LogP contribution in [0.3, 0.4) is 0 Å². The Morgan fingerprint density at radius 1 is 0.872 bits per heavy atom. The van der Waals surface area contributed by atoms with Gasteiger partial charge in [-0.1, -0.05) is 65.3 Å². The molecule has 0 spiro atoms. The van der Waals surface area contributed by atoms with Gasteiger partial charge in [-0.05, 0) is 92.1 Å². The summed E-state index contributed by atoms with van der Waals surface area (Å²) in [4.78, 5) is 29.8. The summed E-state index contributed by atoms with van der Waals surface area (Å²) >= 11 is 3.44. The largest absolute Gasteiger partial charge is 0.494 e. The van der Waals surface area contributed by atoms with E-state index in [1.165, 1.54) is 41.3 Å². The molecule has 2 amide bonds. The average Bonchev–Trinajstić information content (AvgIpc) is 3.07. The molecule has 0 saturated heterocycles. The molecular weight excluding hydrogens is 685 g/mol. The molecule has 0 fully saturated rings. The zero-order chi connectivity index (χ0) is 34.0. The molecule has 0 unspecified atom stereocenters. The van der Waals surface area contributed by atoms with Gasteiger partial charge in [0.05, 0.1) is 17.2 Å². The maximum atomic E-state index is 14.5. The van der Waals surface area contributed by atoms with Gasteiger partial charge in [-0.3, -0.25) is 13.9 Å². The second-order valence-corrected chi connectivity index (χ2v) is 13.8. The van der Waals surface area contributed by atoms with Crippen LogP contribution >= 0.6 is 15.9 Å². The minimum Gasteiger partial charge on any atom is -0.494 e. The molecule has 0 radical (unpaired) electrons. The van der Waals surface area contributed by atoms with Crippen LogP contribution in [-0.4, -0.2) is 50.4 Å². The second kappa shape index (κ2) is 16.6. The minimum atomic E-state index is -4.33. The van der Waals surface area contributed by atoms with Crippen molar-refractivity contribution in [2.45, 2.75) is 57.1 Å². The summed E-state index contributed by atoms with van der Waals surface area (Å²) < 4.78 is 49.6. The third-order valence-electron chi connectivity index (χ3n) is 7.65. The van der Waals surface area contributed by atoms with Gasteiger partial charge in [0.2, 0.25) is 11.8 Å². The lowest BCUT2D eigenvalue weighted by atomic mass is 10.0. The number of nitrogens with zero attached hydrogens (tertiary/aromatic N) is 2. The Morgan fingerprint density at radius 2 is 1.51 bits per heavy atom. The van der Waals surface area contributed by atoms with Crippen molar-refractivity contribution in [3.63, 3.8) is 0 Å². The van der Waals surface area contributed by atoms with Crippen molar-refractivity contribution in [3.05, 3.63) is 125 Å². The number of hydrogen-bond acceptors (Lipinski definition) is 5. The van der Waals surface area contributed by atoms with Crippen LogP contribution in [0.5, 0.6) is 5.75 Å². The van der Waals surface area contributed by atoms with Gasteiger partial charge in [-0.15, -0.1) is 0 Å². The molecule has 8 nitrogen and oxygen atoms in total. The number of nitrogens with one attached hydrogen (secondary N) is 1. The monoisotopic (exact) mass is 723 g/mol. The summed E-state index contributed by atoms with van der Waals surface area (Å²) in [7, 11) is -4.33. The van der Waals surface area contributed by atoms with Crippen LogP contribution in [0.2, 0.25) is 0 Å². The second-order valence-electron chi connectivity index (χ2n) is 11.1. The Kier molecular flexibility index (Phi) is 12.6. The van der Waals surface area contributed by atoms with Crippen molar-refractivity contribution in [2.24, 2.45) is 0 Å². The van der Waals surface area contributed by atoms with E-state index in [1.54, 1.807) is 0 Å². The molecule has 0 aliphatic rings. The van der Waals surface area contributed by atoms with E-state index in [0.29, 0.717) is 18.8 Å². The molecule has 0 heterocycles.